The van der Waals surface area contributed by atoms with Crippen LogP contribution in [0.5, 0.6) is 0 Å². The van der Waals surface area contributed by atoms with Gasteiger partial charge in [-0.1, -0.05) is 12.1 Å². The largest absolute Gasteiger partial charge is 0.352 e. The first kappa shape index (κ1) is 19.7. The molecule has 7 nitrogen and oxygen atoms in total. The molecular formula is C22H20N4O3S. The molecule has 2 heterocycles. The Balaban J connectivity index is 1.65. The van der Waals surface area contributed by atoms with E-state index in [1.165, 1.54) is 13.2 Å². The number of benzene rings is 2. The smallest absolute Gasteiger partial charge is 0.221 e. The van der Waals surface area contributed by atoms with Crippen LogP contribution in [0.4, 0.5) is 17.1 Å². The number of rotatable bonds is 5. The second kappa shape index (κ2) is 7.64. The van der Waals surface area contributed by atoms with Crippen molar-refractivity contribution in [2.75, 3.05) is 16.9 Å². The number of fused-ring (bicyclic) bond motifs is 1. The molecule has 8 heteroatoms. The Morgan fingerprint density at radius 2 is 1.60 bits per heavy atom. The molecular weight excluding hydrogens is 400 g/mol. The molecule has 0 unspecified atom stereocenters. The van der Waals surface area contributed by atoms with Crippen LogP contribution >= 0.6 is 0 Å². The number of pyridine rings is 1. The highest BCUT2D eigenvalue weighted by molar-refractivity contribution is 7.90. The maximum atomic E-state index is 11.6. The van der Waals surface area contributed by atoms with Crippen molar-refractivity contribution in [3.8, 4) is 11.3 Å². The van der Waals surface area contributed by atoms with Gasteiger partial charge in [0.1, 0.15) is 0 Å². The van der Waals surface area contributed by atoms with Crippen LogP contribution in [0.3, 0.4) is 0 Å². The standard InChI is InChI=1S/C22H20N4O3S/c1-15(27)24-17-5-3-16(4-6-17)21-12-11-20(22-23-13-14-26(21)22)25-18-7-9-19(10-8-18)30(2,28)29/h3-14,25H,1-2H3,(H,24,27). The molecule has 4 rings (SSSR count). The molecule has 30 heavy (non-hydrogen) atoms. The highest BCUT2D eigenvalue weighted by Gasteiger charge is 2.11. The lowest BCUT2D eigenvalue weighted by atomic mass is 10.1. The number of imidazole rings is 1. The average molecular weight is 420 g/mol. The molecule has 0 aliphatic carbocycles. The van der Waals surface area contributed by atoms with Gasteiger partial charge in [0.2, 0.25) is 5.91 Å². The van der Waals surface area contributed by atoms with Gasteiger partial charge in [0, 0.05) is 36.9 Å². The Kier molecular flexibility index (Phi) is 5.01. The van der Waals surface area contributed by atoms with E-state index in [9.17, 15) is 13.2 Å². The number of amides is 1. The van der Waals surface area contributed by atoms with E-state index >= 15 is 0 Å². The summed E-state index contributed by atoms with van der Waals surface area (Å²) in [6, 6.07) is 18.1. The number of sulfone groups is 1. The maximum absolute atomic E-state index is 11.6. The van der Waals surface area contributed by atoms with Crippen LogP contribution in [0.15, 0.2) is 78.0 Å². The number of aromatic nitrogens is 2. The van der Waals surface area contributed by atoms with Crippen LogP contribution in [-0.2, 0) is 14.6 Å². The fraction of sp³-hybridized carbons (Fsp3) is 0.0909. The summed E-state index contributed by atoms with van der Waals surface area (Å²) < 4.78 is 25.2. The molecule has 0 spiro atoms. The lowest BCUT2D eigenvalue weighted by Crippen LogP contribution is -2.05. The molecule has 2 N–H and O–H groups in total. The van der Waals surface area contributed by atoms with Crippen LogP contribution in [-0.4, -0.2) is 30.0 Å². The van der Waals surface area contributed by atoms with E-state index in [2.05, 4.69) is 15.6 Å². The first-order valence-corrected chi connectivity index (χ1v) is 11.1. The van der Waals surface area contributed by atoms with Gasteiger partial charge in [-0.25, -0.2) is 13.4 Å². The van der Waals surface area contributed by atoms with Gasteiger partial charge in [-0.2, -0.15) is 0 Å². The average Bonchev–Trinajstić information content (AvgIpc) is 3.19. The quantitative estimate of drug-likeness (QED) is 0.507. The third-order valence-corrected chi connectivity index (χ3v) is 5.74. The van der Waals surface area contributed by atoms with Crippen molar-refractivity contribution >= 4 is 38.5 Å². The molecule has 0 aliphatic heterocycles. The molecule has 2 aromatic heterocycles. The zero-order chi connectivity index (χ0) is 21.3. The predicted molar refractivity (Wildman–Crippen MR) is 118 cm³/mol. The van der Waals surface area contributed by atoms with Gasteiger partial charge in [-0.3, -0.25) is 9.20 Å². The highest BCUT2D eigenvalue weighted by atomic mass is 32.2. The van der Waals surface area contributed by atoms with Crippen LogP contribution < -0.4 is 10.6 Å². The molecule has 2 aromatic carbocycles. The van der Waals surface area contributed by atoms with E-state index < -0.39 is 9.84 Å². The lowest BCUT2D eigenvalue weighted by molar-refractivity contribution is -0.114. The van der Waals surface area contributed by atoms with Gasteiger partial charge < -0.3 is 10.6 Å². The van der Waals surface area contributed by atoms with Crippen LogP contribution in [0.25, 0.3) is 16.9 Å². The van der Waals surface area contributed by atoms with Gasteiger partial charge in [0.15, 0.2) is 15.5 Å². The van der Waals surface area contributed by atoms with E-state index in [0.717, 1.165) is 34.0 Å². The predicted octanol–water partition coefficient (Wildman–Crippen LogP) is 4.11. The van der Waals surface area contributed by atoms with Gasteiger partial charge in [-0.15, -0.1) is 0 Å². The third kappa shape index (κ3) is 4.04. The number of carbonyl (C=O) groups is 1. The Bertz CT molecular complexity index is 1330. The van der Waals surface area contributed by atoms with E-state index in [1.807, 2.05) is 47.0 Å². The minimum absolute atomic E-state index is 0.111. The fourth-order valence-electron chi connectivity index (χ4n) is 3.22. The summed E-state index contributed by atoms with van der Waals surface area (Å²) in [4.78, 5) is 15.9. The monoisotopic (exact) mass is 420 g/mol. The first-order valence-electron chi connectivity index (χ1n) is 9.22. The zero-order valence-corrected chi connectivity index (χ0v) is 17.3. The van der Waals surface area contributed by atoms with Gasteiger partial charge >= 0.3 is 0 Å². The van der Waals surface area contributed by atoms with Crippen molar-refractivity contribution in [1.82, 2.24) is 9.38 Å². The second-order valence-electron chi connectivity index (χ2n) is 6.93. The molecule has 1 amide bonds. The highest BCUT2D eigenvalue weighted by Crippen LogP contribution is 2.28. The van der Waals surface area contributed by atoms with E-state index in [-0.39, 0.29) is 10.8 Å². The number of nitrogens with zero attached hydrogens (tertiary/aromatic N) is 2. The van der Waals surface area contributed by atoms with Crippen molar-refractivity contribution in [2.24, 2.45) is 0 Å². The summed E-state index contributed by atoms with van der Waals surface area (Å²) in [5.41, 5.74) is 4.98. The van der Waals surface area contributed by atoms with Crippen LogP contribution in [0.2, 0.25) is 0 Å². The summed E-state index contributed by atoms with van der Waals surface area (Å²) in [6.07, 6.45) is 4.79. The first-order chi connectivity index (χ1) is 14.3. The Labute approximate surface area is 174 Å². The maximum Gasteiger partial charge on any atom is 0.221 e. The minimum Gasteiger partial charge on any atom is -0.352 e. The van der Waals surface area contributed by atoms with Crippen molar-refractivity contribution < 1.29 is 13.2 Å². The number of anilines is 3. The second-order valence-corrected chi connectivity index (χ2v) is 8.95. The van der Waals surface area contributed by atoms with E-state index in [1.54, 1.807) is 30.5 Å². The van der Waals surface area contributed by atoms with Crippen molar-refractivity contribution in [1.29, 1.82) is 0 Å². The van der Waals surface area contributed by atoms with Crippen molar-refractivity contribution in [2.45, 2.75) is 11.8 Å². The topological polar surface area (TPSA) is 92.6 Å². The van der Waals surface area contributed by atoms with Crippen LogP contribution in [0, 0.1) is 0 Å². The van der Waals surface area contributed by atoms with Crippen molar-refractivity contribution in [3.63, 3.8) is 0 Å². The Morgan fingerprint density at radius 1 is 0.933 bits per heavy atom. The number of nitrogens with one attached hydrogen (secondary N) is 2. The molecule has 0 atom stereocenters. The SMILES string of the molecule is CC(=O)Nc1ccc(-c2ccc(Nc3ccc(S(C)(=O)=O)cc3)c3nccn23)cc1. The zero-order valence-electron chi connectivity index (χ0n) is 16.5. The summed E-state index contributed by atoms with van der Waals surface area (Å²) >= 11 is 0. The van der Waals surface area contributed by atoms with Gasteiger partial charge in [0.05, 0.1) is 16.3 Å². The van der Waals surface area contributed by atoms with Crippen LogP contribution in [0.1, 0.15) is 6.92 Å². The number of hydrogen-bond acceptors (Lipinski definition) is 5. The molecule has 0 aliphatic rings. The number of hydrogen-bond donors (Lipinski definition) is 2. The minimum atomic E-state index is -3.23. The summed E-state index contributed by atoms with van der Waals surface area (Å²) in [7, 11) is -3.23. The molecule has 0 radical (unpaired) electrons. The molecule has 0 saturated heterocycles. The molecule has 0 fully saturated rings. The molecule has 0 bridgehead atoms. The molecule has 0 saturated carbocycles. The summed E-state index contributed by atoms with van der Waals surface area (Å²) in [5.74, 6) is -0.111. The normalized spacial score (nSPS) is 11.4. The van der Waals surface area contributed by atoms with Gasteiger partial charge in [0.25, 0.3) is 0 Å². The van der Waals surface area contributed by atoms with E-state index in [4.69, 9.17) is 0 Å². The molecule has 152 valence electrons. The van der Waals surface area contributed by atoms with Crippen molar-refractivity contribution in [3.05, 3.63) is 73.1 Å². The molecule has 4 aromatic rings. The lowest BCUT2D eigenvalue weighted by Gasteiger charge is -2.12. The summed E-state index contributed by atoms with van der Waals surface area (Å²) in [5, 5.41) is 6.05. The Hall–Kier alpha value is -3.65. The summed E-state index contributed by atoms with van der Waals surface area (Å²) in [6.45, 7) is 1.48. The van der Waals surface area contributed by atoms with Gasteiger partial charge in [-0.05, 0) is 54.1 Å². The van der Waals surface area contributed by atoms with E-state index in [0.29, 0.717) is 0 Å². The fourth-order valence-corrected chi connectivity index (χ4v) is 3.85. The number of carbonyl (C=O) groups excluding carboxylic acids is 1. The third-order valence-electron chi connectivity index (χ3n) is 4.61. The Morgan fingerprint density at radius 3 is 2.23 bits per heavy atom.